The van der Waals surface area contributed by atoms with Gasteiger partial charge in [-0.2, -0.15) is 0 Å². The molecule has 0 aliphatic heterocycles. The molecule has 1 heterocycles. The van der Waals surface area contributed by atoms with Crippen LogP contribution in [0.25, 0.3) is 0 Å². The van der Waals surface area contributed by atoms with Crippen LogP contribution in [0.1, 0.15) is 11.1 Å². The van der Waals surface area contributed by atoms with Crippen molar-refractivity contribution in [1.82, 2.24) is 4.98 Å². The second kappa shape index (κ2) is 5.50. The number of pyridine rings is 1. The molecule has 0 fully saturated rings. The van der Waals surface area contributed by atoms with E-state index < -0.39 is 15.8 Å². The summed E-state index contributed by atoms with van der Waals surface area (Å²) in [7, 11) is -3.95. The van der Waals surface area contributed by atoms with Crippen molar-refractivity contribution in [1.29, 1.82) is 0 Å². The first-order valence-corrected chi connectivity index (χ1v) is 7.79. The number of aromatic nitrogens is 1. The number of halogens is 2. The minimum atomic E-state index is -3.95. The van der Waals surface area contributed by atoms with Gasteiger partial charge in [0, 0.05) is 0 Å². The molecule has 0 atom stereocenters. The first-order valence-electron chi connectivity index (χ1n) is 5.93. The molecule has 2 aromatic rings. The van der Waals surface area contributed by atoms with E-state index in [0.717, 1.165) is 6.07 Å². The molecule has 3 N–H and O–H groups in total. The Hall–Kier alpha value is -1.86. The molecule has 2 rings (SSSR count). The van der Waals surface area contributed by atoms with Crippen molar-refractivity contribution in [2.24, 2.45) is 0 Å². The summed E-state index contributed by atoms with van der Waals surface area (Å²) in [6.45, 7) is 2.95. The molecule has 1 aromatic carbocycles. The number of sulfonamides is 1. The van der Waals surface area contributed by atoms with Gasteiger partial charge in [-0.25, -0.2) is 17.8 Å². The number of nitrogens with zero attached hydrogens (tertiary/aromatic N) is 1. The Morgan fingerprint density at radius 2 is 2.00 bits per heavy atom. The zero-order valence-electron chi connectivity index (χ0n) is 11.3. The molecule has 1 aromatic heterocycles. The van der Waals surface area contributed by atoms with Crippen molar-refractivity contribution in [3.05, 3.63) is 46.4 Å². The molecule has 8 heteroatoms. The minimum absolute atomic E-state index is 0.0665. The maximum absolute atomic E-state index is 13.5. The van der Waals surface area contributed by atoms with E-state index >= 15 is 0 Å². The molecule has 112 valence electrons. The topological polar surface area (TPSA) is 85.1 Å². The van der Waals surface area contributed by atoms with Gasteiger partial charge in [-0.1, -0.05) is 17.7 Å². The summed E-state index contributed by atoms with van der Waals surface area (Å²) in [5.74, 6) is -0.575. The van der Waals surface area contributed by atoms with Gasteiger partial charge < -0.3 is 5.73 Å². The summed E-state index contributed by atoms with van der Waals surface area (Å²) in [6.07, 6.45) is 0. The predicted molar refractivity (Wildman–Crippen MR) is 80.3 cm³/mol. The largest absolute Gasteiger partial charge is 0.396 e. The van der Waals surface area contributed by atoms with E-state index in [2.05, 4.69) is 9.71 Å². The van der Waals surface area contributed by atoms with Crippen molar-refractivity contribution < 1.29 is 12.8 Å². The fourth-order valence-corrected chi connectivity index (χ4v) is 3.65. The van der Waals surface area contributed by atoms with Crippen molar-refractivity contribution in [3.8, 4) is 0 Å². The smallest absolute Gasteiger partial charge is 0.263 e. The molecule has 0 aliphatic carbocycles. The quantitative estimate of drug-likeness (QED) is 0.669. The molecule has 0 aliphatic rings. The third kappa shape index (κ3) is 3.08. The highest BCUT2D eigenvalue weighted by molar-refractivity contribution is 7.92. The summed E-state index contributed by atoms with van der Waals surface area (Å²) >= 11 is 5.71. The van der Waals surface area contributed by atoms with Crippen LogP contribution in [0.2, 0.25) is 5.15 Å². The summed E-state index contributed by atoms with van der Waals surface area (Å²) < 4.78 is 40.7. The highest BCUT2D eigenvalue weighted by atomic mass is 35.5. The molecule has 0 saturated carbocycles. The number of hydrogen-bond acceptors (Lipinski definition) is 4. The van der Waals surface area contributed by atoms with Gasteiger partial charge in [0.2, 0.25) is 0 Å². The SMILES string of the molecule is Cc1cc(F)c(N)c(C)c1S(=O)(=O)Nc1cccc(Cl)n1. The standard InChI is InChI=1S/C13H13ClFN3O2S/c1-7-6-9(15)12(16)8(2)13(7)21(19,20)18-11-5-3-4-10(14)17-11/h3-6H,16H2,1-2H3,(H,17,18). The lowest BCUT2D eigenvalue weighted by molar-refractivity contribution is 0.598. The Bertz CT molecular complexity index is 809. The number of hydrogen-bond donors (Lipinski definition) is 2. The second-order valence-corrected chi connectivity index (χ2v) is 6.50. The van der Waals surface area contributed by atoms with Crippen LogP contribution < -0.4 is 10.5 Å². The van der Waals surface area contributed by atoms with E-state index in [1.165, 1.54) is 26.0 Å². The summed E-state index contributed by atoms with van der Waals surface area (Å²) in [6, 6.07) is 5.63. The van der Waals surface area contributed by atoms with Gasteiger partial charge in [-0.05, 0) is 43.2 Å². The van der Waals surface area contributed by atoms with E-state index in [0.29, 0.717) is 0 Å². The lowest BCUT2D eigenvalue weighted by Crippen LogP contribution is -2.17. The van der Waals surface area contributed by atoms with Crippen LogP contribution in [0.3, 0.4) is 0 Å². The molecule has 0 spiro atoms. The highest BCUT2D eigenvalue weighted by Crippen LogP contribution is 2.28. The van der Waals surface area contributed by atoms with Crippen molar-refractivity contribution >= 4 is 33.1 Å². The summed E-state index contributed by atoms with van der Waals surface area (Å²) in [4.78, 5) is 3.79. The van der Waals surface area contributed by atoms with Crippen LogP contribution in [0, 0.1) is 19.7 Å². The molecule has 0 bridgehead atoms. The van der Waals surface area contributed by atoms with Crippen LogP contribution in [-0.2, 0) is 10.0 Å². The van der Waals surface area contributed by atoms with Gasteiger partial charge in [0.1, 0.15) is 16.8 Å². The van der Waals surface area contributed by atoms with Crippen LogP contribution in [0.5, 0.6) is 0 Å². The lowest BCUT2D eigenvalue weighted by Gasteiger charge is -2.14. The molecular formula is C13H13ClFN3O2S. The van der Waals surface area contributed by atoms with E-state index in [9.17, 15) is 12.8 Å². The third-order valence-corrected chi connectivity index (χ3v) is 4.78. The molecule has 0 unspecified atom stereocenters. The Morgan fingerprint density at radius 1 is 1.33 bits per heavy atom. The molecule has 5 nitrogen and oxygen atoms in total. The van der Waals surface area contributed by atoms with Crippen LogP contribution in [-0.4, -0.2) is 13.4 Å². The van der Waals surface area contributed by atoms with Gasteiger partial charge in [-0.3, -0.25) is 4.72 Å². The van der Waals surface area contributed by atoms with Crippen LogP contribution in [0.4, 0.5) is 15.9 Å². The zero-order chi connectivity index (χ0) is 15.8. The zero-order valence-corrected chi connectivity index (χ0v) is 12.9. The number of nitrogens with one attached hydrogen (secondary N) is 1. The number of anilines is 2. The van der Waals surface area contributed by atoms with Gasteiger partial charge in [0.15, 0.2) is 0 Å². The van der Waals surface area contributed by atoms with Crippen LogP contribution in [0.15, 0.2) is 29.2 Å². The van der Waals surface area contributed by atoms with E-state index in [4.69, 9.17) is 17.3 Å². The predicted octanol–water partition coefficient (Wildman–Crippen LogP) is 2.87. The maximum atomic E-state index is 13.5. The first-order chi connectivity index (χ1) is 9.72. The molecular weight excluding hydrogens is 317 g/mol. The number of rotatable bonds is 3. The van der Waals surface area contributed by atoms with E-state index in [-0.39, 0.29) is 32.7 Å². The van der Waals surface area contributed by atoms with Gasteiger partial charge in [-0.15, -0.1) is 0 Å². The Kier molecular flexibility index (Phi) is 4.06. The highest BCUT2D eigenvalue weighted by Gasteiger charge is 2.23. The number of nitrogen functional groups attached to an aromatic ring is 1. The minimum Gasteiger partial charge on any atom is -0.396 e. The first kappa shape index (κ1) is 15.5. The van der Waals surface area contributed by atoms with Gasteiger partial charge in [0.05, 0.1) is 10.6 Å². The van der Waals surface area contributed by atoms with Crippen molar-refractivity contribution in [3.63, 3.8) is 0 Å². The lowest BCUT2D eigenvalue weighted by atomic mass is 10.1. The Balaban J connectivity index is 2.53. The molecule has 0 radical (unpaired) electrons. The van der Waals surface area contributed by atoms with Gasteiger partial charge >= 0.3 is 0 Å². The Morgan fingerprint density at radius 3 is 2.62 bits per heavy atom. The normalized spacial score (nSPS) is 11.4. The third-order valence-electron chi connectivity index (χ3n) is 2.93. The maximum Gasteiger partial charge on any atom is 0.263 e. The summed E-state index contributed by atoms with van der Waals surface area (Å²) in [5.41, 5.74) is 5.78. The second-order valence-electron chi connectivity index (χ2n) is 4.49. The van der Waals surface area contributed by atoms with E-state index in [1.54, 1.807) is 6.07 Å². The summed E-state index contributed by atoms with van der Waals surface area (Å²) in [5, 5.41) is 0.155. The van der Waals surface area contributed by atoms with Crippen molar-refractivity contribution in [2.45, 2.75) is 18.7 Å². The van der Waals surface area contributed by atoms with Gasteiger partial charge in [0.25, 0.3) is 10.0 Å². The fourth-order valence-electron chi connectivity index (χ4n) is 2.00. The molecule has 21 heavy (non-hydrogen) atoms. The van der Waals surface area contributed by atoms with Crippen LogP contribution >= 0.6 is 11.6 Å². The fraction of sp³-hybridized carbons (Fsp3) is 0.154. The number of aryl methyl sites for hydroxylation is 1. The Labute approximate surface area is 127 Å². The number of benzene rings is 1. The average molecular weight is 330 g/mol. The number of nitrogens with two attached hydrogens (primary N) is 1. The van der Waals surface area contributed by atoms with E-state index in [1.807, 2.05) is 0 Å². The molecule has 0 saturated heterocycles. The average Bonchev–Trinajstić information content (AvgIpc) is 2.35. The van der Waals surface area contributed by atoms with Crippen molar-refractivity contribution in [2.75, 3.05) is 10.5 Å². The molecule has 0 amide bonds. The monoisotopic (exact) mass is 329 g/mol.